The first-order chi connectivity index (χ1) is 19.6. The number of carbonyl (C=O) groups is 1. The van der Waals surface area contributed by atoms with Gasteiger partial charge in [-0.2, -0.15) is 0 Å². The molecule has 5 N–H and O–H groups in total. The highest BCUT2D eigenvalue weighted by Gasteiger charge is 2.32. The van der Waals surface area contributed by atoms with E-state index in [1.54, 1.807) is 30.3 Å². The third-order valence-corrected chi connectivity index (χ3v) is 6.97. The third-order valence-electron chi connectivity index (χ3n) is 6.97. The number of hydrogen-bond donors (Lipinski definition) is 5. The number of carbonyl (C=O) groups excluding carboxylic acids is 1. The maximum absolute atomic E-state index is 13.2. The lowest BCUT2D eigenvalue weighted by Crippen LogP contribution is -2.20. The first kappa shape index (κ1) is 25.6. The number of ether oxygens (including phenoxy) is 2. The van der Waals surface area contributed by atoms with Gasteiger partial charge in [0.15, 0.2) is 11.2 Å². The average molecular weight is 555 g/mol. The van der Waals surface area contributed by atoms with Crippen molar-refractivity contribution in [3.8, 4) is 62.7 Å². The number of fused-ring (bicyclic) bond motifs is 2. The van der Waals surface area contributed by atoms with Crippen LogP contribution in [-0.4, -0.2) is 38.4 Å². The molecule has 0 aliphatic carbocycles. The van der Waals surface area contributed by atoms with Gasteiger partial charge >= 0.3 is 0 Å². The van der Waals surface area contributed by atoms with Gasteiger partial charge in [0, 0.05) is 35.4 Å². The van der Waals surface area contributed by atoms with Gasteiger partial charge in [0.2, 0.25) is 0 Å². The summed E-state index contributed by atoms with van der Waals surface area (Å²) >= 11 is 0. The Hall–Kier alpha value is -5.64. The Morgan fingerprint density at radius 1 is 0.805 bits per heavy atom. The zero-order valence-corrected chi connectivity index (χ0v) is 21.4. The van der Waals surface area contributed by atoms with E-state index in [9.17, 15) is 35.1 Å². The van der Waals surface area contributed by atoms with Crippen molar-refractivity contribution in [2.75, 3.05) is 7.11 Å². The smallest absolute Gasteiger partial charge is 0.197 e. The Bertz CT molecular complexity index is 1920. The number of aromatic hydroxyl groups is 5. The summed E-state index contributed by atoms with van der Waals surface area (Å²) in [6, 6.07) is 15.4. The van der Waals surface area contributed by atoms with Crippen molar-refractivity contribution >= 4 is 16.8 Å². The second kappa shape index (κ2) is 9.53. The van der Waals surface area contributed by atoms with Gasteiger partial charge in [0.1, 0.15) is 68.6 Å². The lowest BCUT2D eigenvalue weighted by Gasteiger charge is -2.27. The van der Waals surface area contributed by atoms with E-state index in [2.05, 4.69) is 0 Å². The topological polar surface area (TPSA) is 167 Å². The number of hydrogen-bond acceptors (Lipinski definition) is 10. The van der Waals surface area contributed by atoms with Gasteiger partial charge in [-0.25, -0.2) is 0 Å². The van der Waals surface area contributed by atoms with Crippen LogP contribution in [0.25, 0.3) is 33.4 Å². The van der Waals surface area contributed by atoms with Crippen molar-refractivity contribution < 1.29 is 44.2 Å². The largest absolute Gasteiger partial charge is 0.508 e. The predicted molar refractivity (Wildman–Crippen MR) is 147 cm³/mol. The standard InChI is InChI=1S/C31H22O10/c1-39-23-7-4-15(25-11-21(36)29-19(34)9-17(33)10-26(29)41-25)8-18(23)28-20(35)13-27-30(31(28)38)22(37)12-24(40-27)14-2-5-16(32)6-3-14/h2-10,12-13,25,32-35,38H,11H2,1H3/t25-/m0/s1. The van der Waals surface area contributed by atoms with Gasteiger partial charge in [0.25, 0.3) is 0 Å². The quantitative estimate of drug-likeness (QED) is 0.195. The van der Waals surface area contributed by atoms with E-state index >= 15 is 0 Å². The van der Waals surface area contributed by atoms with Crippen LogP contribution >= 0.6 is 0 Å². The van der Waals surface area contributed by atoms with Crippen molar-refractivity contribution in [1.29, 1.82) is 0 Å². The SMILES string of the molecule is COc1ccc([C@@H]2CC(=O)c3c(O)cc(O)cc3O2)cc1-c1c(O)cc2oc(-c3ccc(O)cc3)cc(=O)c2c1O. The molecule has 0 radical (unpaired) electrons. The molecule has 0 spiro atoms. The van der Waals surface area contributed by atoms with Crippen molar-refractivity contribution in [3.05, 3.63) is 88.1 Å². The van der Waals surface area contributed by atoms with E-state index < -0.39 is 34.6 Å². The highest BCUT2D eigenvalue weighted by Crippen LogP contribution is 2.48. The molecule has 10 heteroatoms. The third kappa shape index (κ3) is 4.31. The molecular formula is C31H22O10. The zero-order chi connectivity index (χ0) is 29.0. The molecule has 5 aromatic rings. The molecule has 0 saturated carbocycles. The van der Waals surface area contributed by atoms with Crippen LogP contribution in [0.1, 0.15) is 28.4 Å². The number of phenolic OH excluding ortho intramolecular Hbond substituents is 5. The maximum atomic E-state index is 13.2. The van der Waals surface area contributed by atoms with Gasteiger partial charge < -0.3 is 39.4 Å². The van der Waals surface area contributed by atoms with Crippen LogP contribution in [0.2, 0.25) is 0 Å². The molecule has 10 nitrogen and oxygen atoms in total. The molecule has 1 aliphatic rings. The molecule has 0 unspecified atom stereocenters. The van der Waals surface area contributed by atoms with Crippen molar-refractivity contribution in [2.45, 2.75) is 12.5 Å². The molecule has 41 heavy (non-hydrogen) atoms. The average Bonchev–Trinajstić information content (AvgIpc) is 2.92. The summed E-state index contributed by atoms with van der Waals surface area (Å²) in [5.41, 5.74) is 0.424. The summed E-state index contributed by atoms with van der Waals surface area (Å²) in [6.07, 6.45) is -0.959. The normalized spacial score (nSPS) is 14.5. The molecule has 0 saturated heterocycles. The van der Waals surface area contributed by atoms with Crippen molar-refractivity contribution in [2.24, 2.45) is 0 Å². The molecule has 0 amide bonds. The molecule has 6 rings (SSSR count). The number of ketones is 1. The monoisotopic (exact) mass is 554 g/mol. The molecule has 2 heterocycles. The number of rotatable bonds is 4. The van der Waals surface area contributed by atoms with Crippen LogP contribution in [0.3, 0.4) is 0 Å². The van der Waals surface area contributed by atoms with Gasteiger partial charge in [-0.05, 0) is 42.0 Å². The van der Waals surface area contributed by atoms with E-state index in [0.29, 0.717) is 11.1 Å². The first-order valence-electron chi connectivity index (χ1n) is 12.4. The van der Waals surface area contributed by atoms with Crippen LogP contribution in [0, 0.1) is 0 Å². The van der Waals surface area contributed by atoms with Gasteiger partial charge in [-0.15, -0.1) is 0 Å². The zero-order valence-electron chi connectivity index (χ0n) is 21.4. The Labute approximate surface area is 231 Å². The summed E-state index contributed by atoms with van der Waals surface area (Å²) in [5.74, 6) is -1.53. The van der Waals surface area contributed by atoms with E-state index in [1.807, 2.05) is 0 Å². The highest BCUT2D eigenvalue weighted by atomic mass is 16.5. The fraction of sp³-hybridized carbons (Fsp3) is 0.0968. The van der Waals surface area contributed by atoms with E-state index in [4.69, 9.17) is 13.9 Å². The molecule has 4 aromatic carbocycles. The Kier molecular flexibility index (Phi) is 5.95. The molecule has 0 bridgehead atoms. The lowest BCUT2D eigenvalue weighted by atomic mass is 9.92. The summed E-state index contributed by atoms with van der Waals surface area (Å²) in [7, 11) is 1.40. The van der Waals surface area contributed by atoms with Gasteiger partial charge in [0.05, 0.1) is 19.1 Å². The van der Waals surface area contributed by atoms with Gasteiger partial charge in [-0.1, -0.05) is 6.07 Å². The number of methoxy groups -OCH3 is 1. The van der Waals surface area contributed by atoms with Crippen LogP contribution in [0.5, 0.6) is 40.2 Å². The molecule has 206 valence electrons. The summed E-state index contributed by atoms with van der Waals surface area (Å²) < 4.78 is 17.2. The fourth-order valence-electron chi connectivity index (χ4n) is 5.06. The minimum Gasteiger partial charge on any atom is -0.508 e. The number of phenols is 5. The second-order valence-electron chi connectivity index (χ2n) is 9.55. The van der Waals surface area contributed by atoms with Crippen molar-refractivity contribution in [1.82, 2.24) is 0 Å². The van der Waals surface area contributed by atoms with E-state index in [-0.39, 0.29) is 62.8 Å². The minimum atomic E-state index is -0.830. The molecule has 1 aromatic heterocycles. The first-order valence-corrected chi connectivity index (χ1v) is 12.4. The Balaban J connectivity index is 1.47. The Morgan fingerprint density at radius 3 is 2.27 bits per heavy atom. The number of benzene rings is 4. The summed E-state index contributed by atoms with van der Waals surface area (Å²) in [6.45, 7) is 0. The fourth-order valence-corrected chi connectivity index (χ4v) is 5.06. The summed E-state index contributed by atoms with van der Waals surface area (Å²) in [4.78, 5) is 26.0. The highest BCUT2D eigenvalue weighted by molar-refractivity contribution is 6.03. The van der Waals surface area contributed by atoms with E-state index in [1.165, 1.54) is 37.4 Å². The van der Waals surface area contributed by atoms with Crippen molar-refractivity contribution in [3.63, 3.8) is 0 Å². The predicted octanol–water partition coefficient (Wildman–Crippen LogP) is 5.37. The second-order valence-corrected chi connectivity index (χ2v) is 9.55. The minimum absolute atomic E-state index is 0.0135. The lowest BCUT2D eigenvalue weighted by molar-refractivity contribution is 0.0845. The molecular weight excluding hydrogens is 532 g/mol. The summed E-state index contributed by atoms with van der Waals surface area (Å²) in [5, 5.41) is 51.7. The number of Topliss-reactive ketones (excluding diaryl/α,β-unsaturated/α-hetero) is 1. The Morgan fingerprint density at radius 2 is 1.54 bits per heavy atom. The van der Waals surface area contributed by atoms with E-state index in [0.717, 1.165) is 6.07 Å². The van der Waals surface area contributed by atoms with Crippen LogP contribution in [0.4, 0.5) is 0 Å². The van der Waals surface area contributed by atoms with Gasteiger partial charge in [-0.3, -0.25) is 9.59 Å². The van der Waals surface area contributed by atoms with Crippen LogP contribution in [-0.2, 0) is 0 Å². The molecule has 1 atom stereocenters. The van der Waals surface area contributed by atoms with Crippen LogP contribution < -0.4 is 14.9 Å². The molecule has 0 fully saturated rings. The van der Waals surface area contributed by atoms with Crippen LogP contribution in [0.15, 0.2) is 75.9 Å². The maximum Gasteiger partial charge on any atom is 0.197 e. The molecule has 1 aliphatic heterocycles.